The monoisotopic (exact) mass is 488 g/mol. The minimum absolute atomic E-state index is 0.0127. The molecule has 37 heavy (non-hydrogen) atoms. The number of hydrogen-bond acceptors (Lipinski definition) is 5. The first-order valence-corrected chi connectivity index (χ1v) is 12.6. The maximum Gasteiger partial charge on any atom is 0.253 e. The largest absolute Gasteiger partial charge is 0.341 e. The van der Waals surface area contributed by atoms with Crippen molar-refractivity contribution in [1.29, 1.82) is 0 Å². The summed E-state index contributed by atoms with van der Waals surface area (Å²) >= 11 is 0. The summed E-state index contributed by atoms with van der Waals surface area (Å²) in [5.74, 6) is 1.36. The molecule has 1 amide bonds. The molecule has 0 unspecified atom stereocenters. The second kappa shape index (κ2) is 9.85. The van der Waals surface area contributed by atoms with E-state index < -0.39 is 0 Å². The van der Waals surface area contributed by atoms with Gasteiger partial charge in [-0.15, -0.1) is 0 Å². The number of rotatable bonds is 8. The summed E-state index contributed by atoms with van der Waals surface area (Å²) in [5, 5.41) is 8.34. The Morgan fingerprint density at radius 2 is 1.78 bits per heavy atom. The third kappa shape index (κ3) is 5.07. The van der Waals surface area contributed by atoms with E-state index in [0.717, 1.165) is 46.2 Å². The average Bonchev–Trinajstić information content (AvgIpc) is 3.71. The molecule has 184 valence electrons. The Morgan fingerprint density at radius 1 is 1.00 bits per heavy atom. The highest BCUT2D eigenvalue weighted by Gasteiger charge is 2.27. The van der Waals surface area contributed by atoms with Crippen LogP contribution >= 0.6 is 0 Å². The minimum Gasteiger partial charge on any atom is -0.341 e. The van der Waals surface area contributed by atoms with Gasteiger partial charge in [-0.1, -0.05) is 36.4 Å². The van der Waals surface area contributed by atoms with Crippen LogP contribution in [0, 0.1) is 0 Å². The van der Waals surface area contributed by atoms with Crippen LogP contribution in [0.3, 0.4) is 0 Å². The van der Waals surface area contributed by atoms with Gasteiger partial charge in [-0.2, -0.15) is 9.61 Å². The number of carbonyl (C=O) groups excluding carboxylic acids is 1. The second-order valence-electron chi connectivity index (χ2n) is 9.51. The van der Waals surface area contributed by atoms with E-state index in [9.17, 15) is 4.79 Å². The molecule has 5 aromatic rings. The molecule has 1 aliphatic carbocycles. The van der Waals surface area contributed by atoms with E-state index in [2.05, 4.69) is 28.5 Å². The van der Waals surface area contributed by atoms with E-state index in [1.165, 1.54) is 12.8 Å². The van der Waals surface area contributed by atoms with Gasteiger partial charge >= 0.3 is 0 Å². The number of likely N-dealkylation sites (N-methyl/N-ethyl adjacent to an activating group) is 1. The number of fused-ring (bicyclic) bond motifs is 1. The maximum atomic E-state index is 12.9. The second-order valence-corrected chi connectivity index (χ2v) is 9.51. The quantitative estimate of drug-likeness (QED) is 0.302. The summed E-state index contributed by atoms with van der Waals surface area (Å²) in [6, 6.07) is 27.7. The molecule has 6 rings (SSSR count). The van der Waals surface area contributed by atoms with Crippen molar-refractivity contribution in [2.45, 2.75) is 25.2 Å². The SMILES string of the molecule is CN(CCc1ccccn1)C(=O)c1ccc(Nc2cc(-c3ccccc3)nc3cc(C4CC4)nn23)cc1. The van der Waals surface area contributed by atoms with Gasteiger partial charge in [0.05, 0.1) is 11.4 Å². The van der Waals surface area contributed by atoms with Crippen molar-refractivity contribution < 1.29 is 4.79 Å². The maximum absolute atomic E-state index is 12.9. The van der Waals surface area contributed by atoms with Crippen molar-refractivity contribution in [2.24, 2.45) is 0 Å². The van der Waals surface area contributed by atoms with Gasteiger partial charge in [0, 0.05) is 66.8 Å². The van der Waals surface area contributed by atoms with E-state index in [0.29, 0.717) is 18.0 Å². The van der Waals surface area contributed by atoms with Crippen LogP contribution in [0.1, 0.15) is 40.5 Å². The van der Waals surface area contributed by atoms with E-state index in [1.807, 2.05) is 78.3 Å². The zero-order valence-corrected chi connectivity index (χ0v) is 20.7. The van der Waals surface area contributed by atoms with Crippen LogP contribution in [-0.2, 0) is 6.42 Å². The zero-order valence-electron chi connectivity index (χ0n) is 20.7. The lowest BCUT2D eigenvalue weighted by Crippen LogP contribution is -2.28. The summed E-state index contributed by atoms with van der Waals surface area (Å²) in [5.41, 5.74) is 6.36. The fourth-order valence-corrected chi connectivity index (χ4v) is 4.41. The molecule has 0 aliphatic heterocycles. The molecule has 7 nitrogen and oxygen atoms in total. The fraction of sp³-hybridized carbons (Fsp3) is 0.200. The van der Waals surface area contributed by atoms with E-state index in [-0.39, 0.29) is 5.91 Å². The van der Waals surface area contributed by atoms with Gasteiger partial charge < -0.3 is 10.2 Å². The van der Waals surface area contributed by atoms with E-state index in [1.54, 1.807) is 11.1 Å². The summed E-state index contributed by atoms with van der Waals surface area (Å²) in [6.45, 7) is 0.607. The lowest BCUT2D eigenvalue weighted by Gasteiger charge is -2.17. The number of nitrogens with one attached hydrogen (secondary N) is 1. The van der Waals surface area contributed by atoms with Gasteiger partial charge in [-0.25, -0.2) is 4.98 Å². The van der Waals surface area contributed by atoms with Gasteiger partial charge in [0.2, 0.25) is 0 Å². The van der Waals surface area contributed by atoms with Crippen molar-refractivity contribution in [1.82, 2.24) is 24.5 Å². The molecular weight excluding hydrogens is 460 g/mol. The van der Waals surface area contributed by atoms with Crippen molar-refractivity contribution in [3.05, 3.63) is 108 Å². The Hall–Kier alpha value is -4.52. The van der Waals surface area contributed by atoms with Crippen molar-refractivity contribution in [2.75, 3.05) is 18.9 Å². The first kappa shape index (κ1) is 22.9. The first-order chi connectivity index (χ1) is 18.1. The Balaban J connectivity index is 1.22. The average molecular weight is 489 g/mol. The number of nitrogens with zero attached hydrogens (tertiary/aromatic N) is 5. The van der Waals surface area contributed by atoms with Gasteiger partial charge in [0.1, 0.15) is 5.82 Å². The molecule has 0 radical (unpaired) electrons. The third-order valence-electron chi connectivity index (χ3n) is 6.69. The molecule has 0 saturated heterocycles. The summed E-state index contributed by atoms with van der Waals surface area (Å²) in [7, 11) is 1.82. The van der Waals surface area contributed by atoms with Crippen LogP contribution in [0.25, 0.3) is 16.9 Å². The highest BCUT2D eigenvalue weighted by molar-refractivity contribution is 5.94. The van der Waals surface area contributed by atoms with Crippen LogP contribution in [0.15, 0.2) is 91.1 Å². The minimum atomic E-state index is -0.0127. The van der Waals surface area contributed by atoms with E-state index >= 15 is 0 Å². The number of carbonyl (C=O) groups is 1. The van der Waals surface area contributed by atoms with Gasteiger partial charge in [0.25, 0.3) is 5.91 Å². The number of amides is 1. The number of hydrogen-bond donors (Lipinski definition) is 1. The number of aromatic nitrogens is 4. The Labute approximate surface area is 215 Å². The Morgan fingerprint density at radius 3 is 2.51 bits per heavy atom. The topological polar surface area (TPSA) is 75.4 Å². The van der Waals surface area contributed by atoms with Crippen molar-refractivity contribution in [3.63, 3.8) is 0 Å². The molecule has 7 heteroatoms. The predicted octanol–water partition coefficient (Wildman–Crippen LogP) is 5.73. The Bertz CT molecular complexity index is 1530. The molecule has 1 N–H and O–H groups in total. The standard InChI is InChI=1S/C30H28N6O/c1-35(18-16-24-9-5-6-17-31-24)30(37)23-12-14-25(15-13-23)32-28-19-26(21-7-3-2-4-8-21)33-29-20-27(22-10-11-22)34-36(28)29/h2-9,12-15,17,19-20,22,32H,10-11,16,18H2,1H3. The van der Waals surface area contributed by atoms with Crippen LogP contribution in [0.5, 0.6) is 0 Å². The molecule has 1 saturated carbocycles. The van der Waals surface area contributed by atoms with Gasteiger partial charge in [0.15, 0.2) is 5.65 Å². The van der Waals surface area contributed by atoms with Crippen molar-refractivity contribution in [3.8, 4) is 11.3 Å². The lowest BCUT2D eigenvalue weighted by atomic mass is 10.1. The van der Waals surface area contributed by atoms with Gasteiger partial charge in [-0.05, 0) is 49.2 Å². The highest BCUT2D eigenvalue weighted by atomic mass is 16.2. The van der Waals surface area contributed by atoms with Crippen LogP contribution in [-0.4, -0.2) is 44.0 Å². The van der Waals surface area contributed by atoms with Crippen LogP contribution in [0.4, 0.5) is 11.5 Å². The molecule has 0 bridgehead atoms. The molecule has 3 aromatic heterocycles. The molecule has 0 atom stereocenters. The fourth-order valence-electron chi connectivity index (χ4n) is 4.41. The van der Waals surface area contributed by atoms with Gasteiger partial charge in [-0.3, -0.25) is 9.78 Å². The summed E-state index contributed by atoms with van der Waals surface area (Å²) < 4.78 is 1.88. The smallest absolute Gasteiger partial charge is 0.253 e. The third-order valence-corrected chi connectivity index (χ3v) is 6.69. The van der Waals surface area contributed by atoms with Crippen LogP contribution in [0.2, 0.25) is 0 Å². The van der Waals surface area contributed by atoms with Crippen molar-refractivity contribution >= 4 is 23.1 Å². The highest BCUT2D eigenvalue weighted by Crippen LogP contribution is 2.40. The molecule has 1 aliphatic rings. The number of pyridine rings is 1. The molecule has 1 fully saturated rings. The van der Waals surface area contributed by atoms with Crippen LogP contribution < -0.4 is 5.32 Å². The normalized spacial score (nSPS) is 13.0. The summed E-state index contributed by atoms with van der Waals surface area (Å²) in [4.78, 5) is 23.9. The number of anilines is 2. The predicted molar refractivity (Wildman–Crippen MR) is 145 cm³/mol. The Kier molecular flexibility index (Phi) is 6.10. The number of benzene rings is 2. The molecular formula is C30H28N6O. The zero-order chi connectivity index (χ0) is 25.2. The summed E-state index contributed by atoms with van der Waals surface area (Å²) in [6.07, 6.45) is 4.86. The molecule has 3 heterocycles. The van der Waals surface area contributed by atoms with E-state index in [4.69, 9.17) is 10.1 Å². The molecule has 0 spiro atoms. The molecule has 2 aromatic carbocycles. The lowest BCUT2D eigenvalue weighted by molar-refractivity contribution is 0.0796. The first-order valence-electron chi connectivity index (χ1n) is 12.6.